The lowest BCUT2D eigenvalue weighted by molar-refractivity contribution is 0.0989. The van der Waals surface area contributed by atoms with Gasteiger partial charge in [0.05, 0.1) is 4.70 Å². The van der Waals surface area contributed by atoms with Gasteiger partial charge in [0.2, 0.25) is 0 Å². The molecule has 26 heavy (non-hydrogen) atoms. The first-order valence-electron chi connectivity index (χ1n) is 9.32. The molecular weight excluding hydrogens is 358 g/mol. The van der Waals surface area contributed by atoms with Gasteiger partial charge in [-0.3, -0.25) is 4.79 Å². The Morgan fingerprint density at radius 1 is 1.23 bits per heavy atom. The van der Waals surface area contributed by atoms with Crippen molar-refractivity contribution < 1.29 is 4.79 Å². The third kappa shape index (κ3) is 3.23. The van der Waals surface area contributed by atoms with E-state index in [9.17, 15) is 4.79 Å². The van der Waals surface area contributed by atoms with Crippen LogP contribution < -0.4 is 5.73 Å². The van der Waals surface area contributed by atoms with Crippen LogP contribution in [0.2, 0.25) is 25.2 Å². The van der Waals surface area contributed by atoms with E-state index in [1.54, 1.807) is 11.3 Å². The van der Waals surface area contributed by atoms with Crippen molar-refractivity contribution in [2.45, 2.75) is 50.5 Å². The van der Waals surface area contributed by atoms with E-state index in [1.165, 1.54) is 18.5 Å². The summed E-state index contributed by atoms with van der Waals surface area (Å²) in [5.74, 6) is -0.350. The van der Waals surface area contributed by atoms with Gasteiger partial charge in [-0.15, -0.1) is 11.3 Å². The number of nitrogens with two attached hydrogens (primary N) is 1. The molecule has 1 atom stereocenters. The summed E-state index contributed by atoms with van der Waals surface area (Å²) in [7, 11) is -1.10. The number of amides is 1. The highest BCUT2D eigenvalue weighted by Gasteiger charge is 2.30. The molecule has 1 fully saturated rings. The molecule has 1 saturated heterocycles. The molecule has 136 valence electrons. The Hall–Kier alpha value is -1.92. The van der Waals surface area contributed by atoms with Gasteiger partial charge in [-0.2, -0.15) is 0 Å². The smallest absolute Gasteiger partial charge is 0.265 e. The van der Waals surface area contributed by atoms with Crippen LogP contribution in [-0.2, 0) is 0 Å². The molecule has 1 aliphatic rings. The van der Waals surface area contributed by atoms with Crippen LogP contribution in [0, 0.1) is 0 Å². The van der Waals surface area contributed by atoms with Crippen molar-refractivity contribution in [3.05, 3.63) is 42.1 Å². The quantitative estimate of drug-likeness (QED) is 0.624. The zero-order valence-corrected chi connectivity index (χ0v) is 17.2. The molecule has 4 rings (SSSR count). The second-order valence-corrected chi connectivity index (χ2v) is 14.4. The number of hydrogen-bond donors (Lipinski definition) is 1. The average Bonchev–Trinajstić information content (AvgIpc) is 3.11. The lowest BCUT2D eigenvalue weighted by Gasteiger charge is -2.21. The summed E-state index contributed by atoms with van der Waals surface area (Å²) in [6.45, 7) is 4.96. The minimum Gasteiger partial charge on any atom is -0.364 e. The van der Waals surface area contributed by atoms with E-state index in [2.05, 4.69) is 29.8 Å². The number of benzene rings is 1. The highest BCUT2D eigenvalue weighted by molar-refractivity contribution is 7.21. The number of fused-ring (bicyclic) bond motifs is 1. The van der Waals surface area contributed by atoms with Crippen LogP contribution in [0.3, 0.4) is 0 Å². The SMILES string of the molecule is C[Si]1(C)CCCC(n2c(C(N)=O)cc3sc(-c4ccccc4)nc32)CC1. The van der Waals surface area contributed by atoms with Crippen molar-refractivity contribution >= 4 is 35.7 Å². The molecule has 4 nitrogen and oxygen atoms in total. The number of rotatable bonds is 3. The lowest BCUT2D eigenvalue weighted by Crippen LogP contribution is -2.24. The molecular formula is C20H25N3OSSi. The Balaban J connectivity index is 1.79. The van der Waals surface area contributed by atoms with Gasteiger partial charge in [0.25, 0.3) is 5.91 Å². The van der Waals surface area contributed by atoms with E-state index in [1.807, 2.05) is 24.3 Å². The van der Waals surface area contributed by atoms with Crippen molar-refractivity contribution in [3.63, 3.8) is 0 Å². The predicted octanol–water partition coefficient (Wildman–Crippen LogP) is 5.30. The van der Waals surface area contributed by atoms with Crippen molar-refractivity contribution in [2.75, 3.05) is 0 Å². The Labute approximate surface area is 159 Å². The first-order valence-corrected chi connectivity index (χ1v) is 13.5. The molecule has 1 amide bonds. The summed E-state index contributed by atoms with van der Waals surface area (Å²) >= 11 is 1.64. The van der Waals surface area contributed by atoms with E-state index in [-0.39, 0.29) is 5.91 Å². The van der Waals surface area contributed by atoms with Crippen LogP contribution in [0.5, 0.6) is 0 Å². The van der Waals surface area contributed by atoms with E-state index >= 15 is 0 Å². The molecule has 3 heterocycles. The lowest BCUT2D eigenvalue weighted by atomic mass is 10.1. The van der Waals surface area contributed by atoms with Gasteiger partial charge in [-0.05, 0) is 18.9 Å². The fourth-order valence-electron chi connectivity index (χ4n) is 4.06. The van der Waals surface area contributed by atoms with Crippen molar-refractivity contribution in [2.24, 2.45) is 5.73 Å². The topological polar surface area (TPSA) is 60.9 Å². The Morgan fingerprint density at radius 3 is 2.73 bits per heavy atom. The zero-order chi connectivity index (χ0) is 18.3. The summed E-state index contributed by atoms with van der Waals surface area (Å²) in [5, 5.41) is 1.00. The van der Waals surface area contributed by atoms with Crippen LogP contribution in [0.15, 0.2) is 36.4 Å². The van der Waals surface area contributed by atoms with Gasteiger partial charge in [0, 0.05) is 19.7 Å². The minimum absolute atomic E-state index is 0.329. The molecule has 1 aliphatic heterocycles. The number of aromatic nitrogens is 2. The van der Waals surface area contributed by atoms with E-state index in [0.717, 1.165) is 33.8 Å². The fourth-order valence-corrected chi connectivity index (χ4v) is 7.59. The van der Waals surface area contributed by atoms with Crippen LogP contribution in [0.1, 0.15) is 35.8 Å². The summed E-state index contributed by atoms with van der Waals surface area (Å²) in [5.41, 5.74) is 8.37. The second kappa shape index (κ2) is 6.67. The minimum atomic E-state index is -1.10. The Bertz CT molecular complexity index is 945. The van der Waals surface area contributed by atoms with Crippen molar-refractivity contribution in [3.8, 4) is 10.6 Å². The highest BCUT2D eigenvalue weighted by atomic mass is 32.1. The molecule has 2 aromatic heterocycles. The molecule has 0 spiro atoms. The number of hydrogen-bond acceptors (Lipinski definition) is 3. The number of carbonyl (C=O) groups excluding carboxylic acids is 1. The van der Waals surface area contributed by atoms with Gasteiger partial charge >= 0.3 is 0 Å². The second-order valence-electron chi connectivity index (χ2n) is 8.09. The fraction of sp³-hybridized carbons (Fsp3) is 0.400. The van der Waals surface area contributed by atoms with E-state index in [0.29, 0.717) is 11.7 Å². The van der Waals surface area contributed by atoms with Crippen molar-refractivity contribution in [1.82, 2.24) is 9.55 Å². The molecule has 1 aromatic carbocycles. The maximum absolute atomic E-state index is 12.1. The van der Waals surface area contributed by atoms with Crippen LogP contribution in [-0.4, -0.2) is 23.5 Å². The van der Waals surface area contributed by atoms with Gasteiger partial charge in [0.15, 0.2) is 5.65 Å². The van der Waals surface area contributed by atoms with Gasteiger partial charge < -0.3 is 10.3 Å². The molecule has 2 N–H and O–H groups in total. The summed E-state index contributed by atoms with van der Waals surface area (Å²) < 4.78 is 3.20. The third-order valence-electron chi connectivity index (χ3n) is 5.57. The average molecular weight is 384 g/mol. The number of nitrogens with zero attached hydrogens (tertiary/aromatic N) is 2. The zero-order valence-electron chi connectivity index (χ0n) is 15.4. The van der Waals surface area contributed by atoms with Crippen molar-refractivity contribution in [1.29, 1.82) is 0 Å². The molecule has 0 aliphatic carbocycles. The van der Waals surface area contributed by atoms with E-state index < -0.39 is 8.07 Å². The van der Waals surface area contributed by atoms with Gasteiger partial charge in [-0.1, -0.05) is 61.9 Å². The maximum atomic E-state index is 12.1. The van der Waals surface area contributed by atoms with Gasteiger partial charge in [0.1, 0.15) is 10.7 Å². The van der Waals surface area contributed by atoms with Gasteiger partial charge in [-0.25, -0.2) is 4.98 Å². The molecule has 0 bridgehead atoms. The molecule has 3 aromatic rings. The molecule has 0 radical (unpaired) electrons. The standard InChI is InChI=1S/C20H25N3OSSi/c1-26(2)11-6-9-15(10-12-26)23-16(18(21)24)13-17-19(23)22-20(25-17)14-7-4-3-5-8-14/h3-5,7-8,13,15H,6,9-12H2,1-2H3,(H2,21,24). The maximum Gasteiger partial charge on any atom is 0.265 e. The molecule has 1 unspecified atom stereocenters. The number of thiazole rings is 1. The van der Waals surface area contributed by atoms with Crippen LogP contribution >= 0.6 is 11.3 Å². The Morgan fingerprint density at radius 2 is 2.00 bits per heavy atom. The molecule has 6 heteroatoms. The van der Waals surface area contributed by atoms with Crippen LogP contribution in [0.25, 0.3) is 20.9 Å². The third-order valence-corrected chi connectivity index (χ3v) is 9.96. The summed E-state index contributed by atoms with van der Waals surface area (Å²) in [6, 6.07) is 15.2. The Kier molecular flexibility index (Phi) is 4.48. The predicted molar refractivity (Wildman–Crippen MR) is 112 cm³/mol. The van der Waals surface area contributed by atoms with E-state index in [4.69, 9.17) is 10.7 Å². The number of carbonyl (C=O) groups is 1. The molecule has 0 saturated carbocycles. The summed E-state index contributed by atoms with van der Waals surface area (Å²) in [4.78, 5) is 17.0. The first kappa shape index (κ1) is 17.5. The highest BCUT2D eigenvalue weighted by Crippen LogP contribution is 2.39. The first-order chi connectivity index (χ1) is 12.4. The largest absolute Gasteiger partial charge is 0.364 e. The number of primary amides is 1. The van der Waals surface area contributed by atoms with Crippen LogP contribution in [0.4, 0.5) is 0 Å². The normalized spacial score (nSPS) is 20.2. The summed E-state index contributed by atoms with van der Waals surface area (Å²) in [6.07, 6.45) is 3.47. The monoisotopic (exact) mass is 383 g/mol.